The van der Waals surface area contributed by atoms with Crippen LogP contribution in [-0.4, -0.2) is 13.1 Å². The lowest BCUT2D eigenvalue weighted by atomic mass is 10.1. The van der Waals surface area contributed by atoms with Crippen LogP contribution in [-0.2, 0) is 0 Å². The molecule has 0 aliphatic heterocycles. The van der Waals surface area contributed by atoms with Gasteiger partial charge < -0.3 is 4.90 Å². The Bertz CT molecular complexity index is 376. The molecule has 1 aromatic carbocycles. The summed E-state index contributed by atoms with van der Waals surface area (Å²) < 4.78 is 0. The predicted molar refractivity (Wildman–Crippen MR) is 69.0 cm³/mol. The van der Waals surface area contributed by atoms with E-state index in [2.05, 4.69) is 24.8 Å². The second kappa shape index (κ2) is 6.40. The highest BCUT2D eigenvalue weighted by atomic mass is 35.5. The highest BCUT2D eigenvalue weighted by Crippen LogP contribution is 2.24. The van der Waals surface area contributed by atoms with Crippen molar-refractivity contribution in [2.24, 2.45) is 0 Å². The summed E-state index contributed by atoms with van der Waals surface area (Å²) in [5, 5.41) is 9.71. The van der Waals surface area contributed by atoms with E-state index in [-0.39, 0.29) is 0 Å². The Kier molecular flexibility index (Phi) is 5.14. The van der Waals surface area contributed by atoms with E-state index in [9.17, 15) is 0 Å². The molecule has 1 aromatic rings. The zero-order chi connectivity index (χ0) is 12.0. The molecule has 0 radical (unpaired) electrons. The largest absolute Gasteiger partial charge is 0.370 e. The van der Waals surface area contributed by atoms with Crippen LogP contribution in [0.2, 0.25) is 5.02 Å². The van der Waals surface area contributed by atoms with Crippen LogP contribution in [0.1, 0.15) is 32.3 Å². The van der Waals surface area contributed by atoms with Crippen molar-refractivity contribution in [1.29, 1.82) is 5.26 Å². The monoisotopic (exact) mass is 236 g/mol. The Balaban J connectivity index is 3.03. The van der Waals surface area contributed by atoms with Crippen molar-refractivity contribution in [1.82, 2.24) is 0 Å². The maximum atomic E-state index is 9.09. The maximum Gasteiger partial charge on any atom is 0.101 e. The van der Waals surface area contributed by atoms with E-state index in [1.165, 1.54) is 0 Å². The maximum absolute atomic E-state index is 9.09. The summed E-state index contributed by atoms with van der Waals surface area (Å²) in [7, 11) is 0. The molecule has 0 atom stereocenters. The van der Waals surface area contributed by atoms with Gasteiger partial charge in [-0.3, -0.25) is 0 Å². The Morgan fingerprint density at radius 2 is 1.88 bits per heavy atom. The number of anilines is 1. The van der Waals surface area contributed by atoms with E-state index < -0.39 is 0 Å². The Morgan fingerprint density at radius 3 is 2.38 bits per heavy atom. The summed E-state index contributed by atoms with van der Waals surface area (Å²) in [5.74, 6) is 0. The molecule has 2 nitrogen and oxygen atoms in total. The third-order valence-electron chi connectivity index (χ3n) is 2.41. The van der Waals surface area contributed by atoms with Gasteiger partial charge in [-0.25, -0.2) is 0 Å². The highest BCUT2D eigenvalue weighted by molar-refractivity contribution is 6.30. The van der Waals surface area contributed by atoms with Crippen molar-refractivity contribution < 1.29 is 0 Å². The van der Waals surface area contributed by atoms with Gasteiger partial charge in [0.15, 0.2) is 0 Å². The molecule has 0 bridgehead atoms. The van der Waals surface area contributed by atoms with Gasteiger partial charge in [-0.2, -0.15) is 5.26 Å². The minimum absolute atomic E-state index is 0.619. The Hall–Kier alpha value is -1.20. The molecular formula is C13H17ClN2. The summed E-state index contributed by atoms with van der Waals surface area (Å²) in [5.41, 5.74) is 1.66. The van der Waals surface area contributed by atoms with Crippen molar-refractivity contribution in [2.75, 3.05) is 18.0 Å². The second-order valence-corrected chi connectivity index (χ2v) is 4.20. The van der Waals surface area contributed by atoms with Crippen molar-refractivity contribution in [3.63, 3.8) is 0 Å². The predicted octanol–water partition coefficient (Wildman–Crippen LogP) is 3.84. The summed E-state index contributed by atoms with van der Waals surface area (Å²) >= 11 is 5.88. The standard InChI is InChI=1S/C13H17ClN2/c1-3-7-16(8-4-2)13-6-5-12(14)9-11(13)10-15/h5-6,9H,3-4,7-8H2,1-2H3. The van der Waals surface area contributed by atoms with Crippen LogP contribution in [0.3, 0.4) is 0 Å². The lowest BCUT2D eigenvalue weighted by Crippen LogP contribution is -2.25. The number of nitrogens with zero attached hydrogens (tertiary/aromatic N) is 2. The van der Waals surface area contributed by atoms with Crippen LogP contribution in [0.5, 0.6) is 0 Å². The van der Waals surface area contributed by atoms with Gasteiger partial charge in [-0.1, -0.05) is 25.4 Å². The highest BCUT2D eigenvalue weighted by Gasteiger charge is 2.09. The molecule has 86 valence electrons. The molecule has 1 rings (SSSR count). The normalized spacial score (nSPS) is 9.88. The first kappa shape index (κ1) is 12.9. The molecule has 0 aliphatic carbocycles. The fraction of sp³-hybridized carbons (Fsp3) is 0.462. The molecule has 0 N–H and O–H groups in total. The van der Waals surface area contributed by atoms with E-state index >= 15 is 0 Å². The third-order valence-corrected chi connectivity index (χ3v) is 2.64. The third kappa shape index (κ3) is 3.15. The van der Waals surface area contributed by atoms with Gasteiger partial charge in [0.05, 0.1) is 11.3 Å². The second-order valence-electron chi connectivity index (χ2n) is 3.76. The number of hydrogen-bond donors (Lipinski definition) is 0. The Morgan fingerprint density at radius 1 is 1.25 bits per heavy atom. The summed E-state index contributed by atoms with van der Waals surface area (Å²) in [4.78, 5) is 2.24. The van der Waals surface area contributed by atoms with Crippen LogP contribution < -0.4 is 4.90 Å². The Labute approximate surface area is 102 Å². The van der Waals surface area contributed by atoms with Crippen molar-refractivity contribution in [3.05, 3.63) is 28.8 Å². The molecule has 0 saturated heterocycles. The van der Waals surface area contributed by atoms with Gasteiger partial charge in [0.2, 0.25) is 0 Å². The van der Waals surface area contributed by atoms with Gasteiger partial charge in [0.25, 0.3) is 0 Å². The van der Waals surface area contributed by atoms with Gasteiger partial charge in [0, 0.05) is 18.1 Å². The lowest BCUT2D eigenvalue weighted by Gasteiger charge is -2.24. The minimum atomic E-state index is 0.619. The molecular weight excluding hydrogens is 220 g/mol. The number of rotatable bonds is 5. The molecule has 0 heterocycles. The molecule has 0 spiro atoms. The van der Waals surface area contributed by atoms with E-state index in [1.54, 1.807) is 6.07 Å². The number of nitriles is 1. The molecule has 16 heavy (non-hydrogen) atoms. The van der Waals surface area contributed by atoms with Crippen LogP contribution in [0, 0.1) is 11.3 Å². The van der Waals surface area contributed by atoms with Crippen LogP contribution in [0.25, 0.3) is 0 Å². The topological polar surface area (TPSA) is 27.0 Å². The van der Waals surface area contributed by atoms with Gasteiger partial charge in [-0.05, 0) is 31.0 Å². The van der Waals surface area contributed by atoms with Crippen molar-refractivity contribution in [2.45, 2.75) is 26.7 Å². The smallest absolute Gasteiger partial charge is 0.101 e. The van der Waals surface area contributed by atoms with E-state index in [0.717, 1.165) is 31.6 Å². The zero-order valence-corrected chi connectivity index (χ0v) is 10.6. The first-order chi connectivity index (χ1) is 7.72. The van der Waals surface area contributed by atoms with Crippen LogP contribution >= 0.6 is 11.6 Å². The van der Waals surface area contributed by atoms with Crippen molar-refractivity contribution >= 4 is 17.3 Å². The van der Waals surface area contributed by atoms with Crippen LogP contribution in [0.4, 0.5) is 5.69 Å². The molecule has 0 saturated carbocycles. The lowest BCUT2D eigenvalue weighted by molar-refractivity contribution is 0.744. The van der Waals surface area contributed by atoms with Gasteiger partial charge in [0.1, 0.15) is 6.07 Å². The van der Waals surface area contributed by atoms with Crippen molar-refractivity contribution in [3.8, 4) is 6.07 Å². The SMILES string of the molecule is CCCN(CCC)c1ccc(Cl)cc1C#N. The van der Waals surface area contributed by atoms with Gasteiger partial charge >= 0.3 is 0 Å². The fourth-order valence-electron chi connectivity index (χ4n) is 1.77. The summed E-state index contributed by atoms with van der Waals surface area (Å²) in [6.45, 7) is 6.24. The summed E-state index contributed by atoms with van der Waals surface area (Å²) in [6, 6.07) is 7.72. The molecule has 3 heteroatoms. The average molecular weight is 237 g/mol. The molecule has 0 aliphatic rings. The molecule has 0 amide bonds. The number of hydrogen-bond acceptors (Lipinski definition) is 2. The quantitative estimate of drug-likeness (QED) is 0.777. The van der Waals surface area contributed by atoms with Crippen LogP contribution in [0.15, 0.2) is 18.2 Å². The average Bonchev–Trinajstić information content (AvgIpc) is 2.28. The molecule has 0 aromatic heterocycles. The fourth-order valence-corrected chi connectivity index (χ4v) is 1.94. The van der Waals surface area contributed by atoms with E-state index in [1.807, 2.05) is 12.1 Å². The minimum Gasteiger partial charge on any atom is -0.370 e. The first-order valence-corrected chi connectivity index (χ1v) is 6.05. The molecule has 0 fully saturated rings. The zero-order valence-electron chi connectivity index (χ0n) is 9.83. The summed E-state index contributed by atoms with van der Waals surface area (Å²) in [6.07, 6.45) is 2.15. The van der Waals surface area contributed by atoms with E-state index in [0.29, 0.717) is 10.6 Å². The number of benzene rings is 1. The number of halogens is 1. The van der Waals surface area contributed by atoms with Gasteiger partial charge in [-0.15, -0.1) is 0 Å². The first-order valence-electron chi connectivity index (χ1n) is 5.67. The van der Waals surface area contributed by atoms with E-state index in [4.69, 9.17) is 16.9 Å². The molecule has 0 unspecified atom stereocenters.